The zero-order valence-corrected chi connectivity index (χ0v) is 62.8. The van der Waals surface area contributed by atoms with Gasteiger partial charge in [-0.05, 0) is 70.6 Å². The molecule has 0 fully saturated rings. The van der Waals surface area contributed by atoms with Gasteiger partial charge < -0.3 is 33.8 Å². The van der Waals surface area contributed by atoms with Crippen LogP contribution in [0.2, 0.25) is 0 Å². The number of carbonyl (C=O) groups is 4. The van der Waals surface area contributed by atoms with Gasteiger partial charge >= 0.3 is 39.5 Å². The van der Waals surface area contributed by atoms with Crippen molar-refractivity contribution in [2.24, 2.45) is 0 Å². The Hall–Kier alpha value is -3.24. The quantitative estimate of drug-likeness (QED) is 0.0169. The Labute approximate surface area is 584 Å². The molecule has 0 amide bonds. The summed E-state index contributed by atoms with van der Waals surface area (Å²) in [5, 5.41) is 10.6. The molecule has 0 spiro atoms. The van der Waals surface area contributed by atoms with Crippen LogP contribution in [0.15, 0.2) is 60.8 Å². The number of hydrogen-bond acceptors (Lipinski definition) is 15. The number of esters is 4. The predicted molar refractivity (Wildman–Crippen MR) is 390 cm³/mol. The van der Waals surface area contributed by atoms with Crippen LogP contribution in [0, 0.1) is 0 Å². The van der Waals surface area contributed by atoms with E-state index in [1.54, 1.807) is 0 Å². The molecule has 560 valence electrons. The fourth-order valence-electron chi connectivity index (χ4n) is 10.7. The van der Waals surface area contributed by atoms with Crippen molar-refractivity contribution in [1.82, 2.24) is 0 Å². The summed E-state index contributed by atoms with van der Waals surface area (Å²) < 4.78 is 68.4. The topological polar surface area (TPSA) is 237 Å². The molecule has 17 nitrogen and oxygen atoms in total. The highest BCUT2D eigenvalue weighted by Crippen LogP contribution is 2.45. The lowest BCUT2D eigenvalue weighted by Crippen LogP contribution is -2.30. The third-order valence-electron chi connectivity index (χ3n) is 16.5. The first-order valence-electron chi connectivity index (χ1n) is 38.5. The highest BCUT2D eigenvalue weighted by Gasteiger charge is 2.30. The van der Waals surface area contributed by atoms with Gasteiger partial charge in [0.15, 0.2) is 12.2 Å². The normalized spacial score (nSPS) is 14.3. The van der Waals surface area contributed by atoms with Crippen molar-refractivity contribution in [1.29, 1.82) is 0 Å². The van der Waals surface area contributed by atoms with Crippen molar-refractivity contribution in [2.45, 2.75) is 367 Å². The van der Waals surface area contributed by atoms with E-state index in [2.05, 4.69) is 88.5 Å². The van der Waals surface area contributed by atoms with Gasteiger partial charge in [0.25, 0.3) is 0 Å². The van der Waals surface area contributed by atoms with Crippen LogP contribution in [-0.2, 0) is 65.4 Å². The van der Waals surface area contributed by atoms with Crippen LogP contribution >= 0.6 is 15.6 Å². The van der Waals surface area contributed by atoms with E-state index in [-0.39, 0.29) is 25.7 Å². The van der Waals surface area contributed by atoms with Crippen molar-refractivity contribution in [3.63, 3.8) is 0 Å². The van der Waals surface area contributed by atoms with Crippen molar-refractivity contribution >= 4 is 39.5 Å². The first-order chi connectivity index (χ1) is 46.7. The number of hydrogen-bond donors (Lipinski definition) is 3. The molecule has 0 aliphatic rings. The van der Waals surface area contributed by atoms with Gasteiger partial charge in [0.2, 0.25) is 0 Å². The SMILES string of the molecule is CC/C=C\C/C=C\C/C=C\C/C=C\C/C=C\CCCCCC(=O)OCC(COP(=O)(O)OCC(O)COP(=O)(O)OCC(COC(=O)CCCCCCCCCCCCCCCCC)OC(=O)CCCCCCCCCCCCC)OC(=O)CCCCCCCCCCCCC. The molecule has 0 rings (SSSR count). The van der Waals surface area contributed by atoms with Gasteiger partial charge in [-0.25, -0.2) is 9.13 Å². The lowest BCUT2D eigenvalue weighted by Gasteiger charge is -2.21. The third kappa shape index (κ3) is 69.2. The van der Waals surface area contributed by atoms with E-state index in [0.717, 1.165) is 122 Å². The van der Waals surface area contributed by atoms with Crippen LogP contribution < -0.4 is 0 Å². The summed E-state index contributed by atoms with van der Waals surface area (Å²) in [7, 11) is -9.93. The molecule has 5 atom stereocenters. The summed E-state index contributed by atoms with van der Waals surface area (Å²) >= 11 is 0. The Morgan fingerprint density at radius 2 is 0.542 bits per heavy atom. The maximum absolute atomic E-state index is 13.1. The monoisotopic (exact) mass is 1400 g/mol. The van der Waals surface area contributed by atoms with E-state index < -0.39 is 97.5 Å². The van der Waals surface area contributed by atoms with Gasteiger partial charge in [-0.3, -0.25) is 37.3 Å². The minimum Gasteiger partial charge on any atom is -0.462 e. The molecule has 19 heteroatoms. The number of phosphoric acid groups is 2. The number of carbonyl (C=O) groups excluding carboxylic acids is 4. The Balaban J connectivity index is 5.27. The zero-order chi connectivity index (χ0) is 70.4. The first kappa shape index (κ1) is 92.8. The van der Waals surface area contributed by atoms with E-state index in [9.17, 15) is 43.2 Å². The maximum Gasteiger partial charge on any atom is 0.472 e. The zero-order valence-electron chi connectivity index (χ0n) is 61.1. The second kappa shape index (κ2) is 70.2. The largest absolute Gasteiger partial charge is 0.472 e. The number of aliphatic hydroxyl groups excluding tert-OH is 1. The summed E-state index contributed by atoms with van der Waals surface area (Å²) in [6.07, 6.45) is 67.9. The molecule has 0 aliphatic heterocycles. The van der Waals surface area contributed by atoms with Gasteiger partial charge in [0.05, 0.1) is 26.4 Å². The van der Waals surface area contributed by atoms with Crippen LogP contribution in [0.3, 0.4) is 0 Å². The molecule has 0 saturated carbocycles. The molecule has 0 aromatic rings. The van der Waals surface area contributed by atoms with Crippen LogP contribution in [0.5, 0.6) is 0 Å². The molecule has 96 heavy (non-hydrogen) atoms. The number of allylic oxidation sites excluding steroid dienone is 10. The van der Waals surface area contributed by atoms with Gasteiger partial charge in [-0.1, -0.05) is 313 Å². The fraction of sp³-hybridized carbons (Fsp3) is 0.818. The van der Waals surface area contributed by atoms with E-state index in [1.165, 1.54) is 148 Å². The summed E-state index contributed by atoms with van der Waals surface area (Å²) in [5.41, 5.74) is 0. The molecular formula is C77H140O17P2. The lowest BCUT2D eigenvalue weighted by atomic mass is 10.0. The fourth-order valence-corrected chi connectivity index (χ4v) is 12.2. The molecule has 0 saturated heterocycles. The predicted octanol–water partition coefficient (Wildman–Crippen LogP) is 21.9. The second-order valence-corrected chi connectivity index (χ2v) is 28.8. The molecule has 0 bridgehead atoms. The molecular weight excluding hydrogens is 1260 g/mol. The Morgan fingerprint density at radius 1 is 0.302 bits per heavy atom. The molecule has 0 aromatic heterocycles. The maximum atomic E-state index is 13.1. The van der Waals surface area contributed by atoms with E-state index >= 15 is 0 Å². The summed E-state index contributed by atoms with van der Waals surface area (Å²) in [5.74, 6) is -2.18. The van der Waals surface area contributed by atoms with Crippen molar-refractivity contribution in [3.05, 3.63) is 60.8 Å². The number of rotatable bonds is 73. The summed E-state index contributed by atoms with van der Waals surface area (Å²) in [6, 6.07) is 0. The average Bonchev–Trinajstić information content (AvgIpc) is 1.15. The summed E-state index contributed by atoms with van der Waals surface area (Å²) in [6.45, 7) is 4.77. The van der Waals surface area contributed by atoms with Crippen LogP contribution in [0.1, 0.15) is 349 Å². The van der Waals surface area contributed by atoms with Crippen molar-refractivity contribution in [3.8, 4) is 0 Å². The van der Waals surface area contributed by atoms with Crippen LogP contribution in [0.25, 0.3) is 0 Å². The highest BCUT2D eigenvalue weighted by atomic mass is 31.2. The van der Waals surface area contributed by atoms with Gasteiger partial charge in [0, 0.05) is 25.7 Å². The van der Waals surface area contributed by atoms with Crippen molar-refractivity contribution in [2.75, 3.05) is 39.6 Å². The molecule has 0 radical (unpaired) electrons. The molecule has 0 heterocycles. The first-order valence-corrected chi connectivity index (χ1v) is 41.5. The van der Waals surface area contributed by atoms with Crippen LogP contribution in [-0.4, -0.2) is 96.7 Å². The van der Waals surface area contributed by atoms with E-state index in [4.69, 9.17) is 37.0 Å². The Kier molecular flexibility index (Phi) is 67.8. The number of unbranched alkanes of at least 4 members (excludes halogenated alkanes) is 37. The number of phosphoric ester groups is 2. The second-order valence-electron chi connectivity index (χ2n) is 25.9. The lowest BCUT2D eigenvalue weighted by molar-refractivity contribution is -0.161. The average molecular weight is 1400 g/mol. The van der Waals surface area contributed by atoms with Crippen molar-refractivity contribution < 1.29 is 80.2 Å². The van der Waals surface area contributed by atoms with Crippen LogP contribution in [0.4, 0.5) is 0 Å². The van der Waals surface area contributed by atoms with Gasteiger partial charge in [-0.2, -0.15) is 0 Å². The highest BCUT2D eigenvalue weighted by molar-refractivity contribution is 7.47. The minimum atomic E-state index is -4.97. The van der Waals surface area contributed by atoms with E-state index in [0.29, 0.717) is 25.7 Å². The third-order valence-corrected chi connectivity index (χ3v) is 18.4. The van der Waals surface area contributed by atoms with Gasteiger partial charge in [0.1, 0.15) is 19.3 Å². The Morgan fingerprint density at radius 3 is 0.833 bits per heavy atom. The minimum absolute atomic E-state index is 0.0929. The molecule has 0 aromatic carbocycles. The van der Waals surface area contributed by atoms with Gasteiger partial charge in [-0.15, -0.1) is 0 Å². The standard InChI is InChI=1S/C77H140O17P2/c1-5-9-13-17-21-25-29-31-33-34-35-36-38-40-44-46-50-54-58-62-75(80)88-68-73(94-77(82)64-60-56-52-48-42-28-24-20-16-12-8-4)70-92-96(85,86)90-66-71(78)65-89-95(83,84)91-69-72(93-76(81)63-59-55-51-47-41-27-23-19-15-11-7-3)67-87-74(79)61-57-53-49-45-43-39-37-32-30-26-22-18-14-10-6-2/h9,13,21,25,31,33,35-36,40,44,71-73,78H,5-8,10-12,14-20,22-24,26-30,32,34,37-39,41-43,45-70H2,1-4H3,(H,83,84)(H,85,86)/b13-9-,25-21-,33-31-,36-35-,44-40-. The van der Waals surface area contributed by atoms with E-state index in [1.807, 2.05) is 0 Å². The summed E-state index contributed by atoms with van der Waals surface area (Å²) in [4.78, 5) is 72.7. The smallest absolute Gasteiger partial charge is 0.462 e. The molecule has 0 aliphatic carbocycles. The number of aliphatic hydroxyl groups is 1. The molecule has 3 N–H and O–H groups in total. The Bertz CT molecular complexity index is 2060. The number of ether oxygens (including phenoxy) is 4. The molecule has 5 unspecified atom stereocenters.